The van der Waals surface area contributed by atoms with Crippen LogP contribution in [0.2, 0.25) is 0 Å². The topological polar surface area (TPSA) is 40.8 Å². The molecule has 0 amide bonds. The van der Waals surface area contributed by atoms with Crippen molar-refractivity contribution in [3.63, 3.8) is 0 Å². The molecular weight excluding hydrogens is 232 g/mol. The largest absolute Gasteiger partial charge is 0.493 e. The van der Waals surface area contributed by atoms with Crippen LogP contribution in [-0.4, -0.2) is 20.8 Å². The lowest BCUT2D eigenvalue weighted by atomic mass is 10.2. The molecule has 0 atom stereocenters. The summed E-state index contributed by atoms with van der Waals surface area (Å²) in [6.45, 7) is 4.50. The maximum absolute atomic E-state index is 5.71. The standard InChI is InChI=1S/C14H16O4/c1-4-7-17-9-11-8-10-5-6-12(15-2)14(16-3)13(10)18-11/h4-6,8H,1,7,9H2,2-3H3. The lowest BCUT2D eigenvalue weighted by molar-refractivity contribution is 0.133. The summed E-state index contributed by atoms with van der Waals surface area (Å²) in [5.41, 5.74) is 0.675. The van der Waals surface area contributed by atoms with Gasteiger partial charge in [-0.1, -0.05) is 6.08 Å². The first-order chi connectivity index (χ1) is 8.80. The number of benzene rings is 1. The van der Waals surface area contributed by atoms with E-state index in [1.54, 1.807) is 20.3 Å². The van der Waals surface area contributed by atoms with Crippen LogP contribution in [0.1, 0.15) is 5.76 Å². The summed E-state index contributed by atoms with van der Waals surface area (Å²) in [4.78, 5) is 0. The second kappa shape index (κ2) is 5.60. The fourth-order valence-electron chi connectivity index (χ4n) is 1.78. The third-order valence-corrected chi connectivity index (χ3v) is 2.56. The Kier molecular flexibility index (Phi) is 3.89. The summed E-state index contributed by atoms with van der Waals surface area (Å²) in [5.74, 6) is 2.00. The maximum Gasteiger partial charge on any atom is 0.204 e. The lowest BCUT2D eigenvalue weighted by Crippen LogP contribution is -1.90. The van der Waals surface area contributed by atoms with E-state index in [2.05, 4.69) is 6.58 Å². The Morgan fingerprint density at radius 2 is 2.11 bits per heavy atom. The summed E-state index contributed by atoms with van der Waals surface area (Å²) < 4.78 is 21.6. The second-order valence-electron chi connectivity index (χ2n) is 3.74. The first kappa shape index (κ1) is 12.5. The van der Waals surface area contributed by atoms with Gasteiger partial charge in [-0.3, -0.25) is 0 Å². The number of furan rings is 1. The molecule has 0 aliphatic rings. The van der Waals surface area contributed by atoms with E-state index in [-0.39, 0.29) is 0 Å². The molecule has 0 saturated heterocycles. The van der Waals surface area contributed by atoms with E-state index in [1.165, 1.54) is 0 Å². The van der Waals surface area contributed by atoms with Crippen molar-refractivity contribution >= 4 is 11.0 Å². The van der Waals surface area contributed by atoms with Crippen LogP contribution in [-0.2, 0) is 11.3 Å². The highest BCUT2D eigenvalue weighted by Crippen LogP contribution is 2.37. The van der Waals surface area contributed by atoms with Gasteiger partial charge in [-0.05, 0) is 18.2 Å². The van der Waals surface area contributed by atoms with Crippen molar-refractivity contribution in [3.05, 3.63) is 36.6 Å². The normalized spacial score (nSPS) is 10.6. The molecule has 0 bridgehead atoms. The molecule has 0 aliphatic carbocycles. The molecule has 0 spiro atoms. The molecule has 2 aromatic rings. The van der Waals surface area contributed by atoms with Crippen molar-refractivity contribution in [2.45, 2.75) is 6.61 Å². The first-order valence-corrected chi connectivity index (χ1v) is 5.62. The Morgan fingerprint density at radius 3 is 2.78 bits per heavy atom. The van der Waals surface area contributed by atoms with Gasteiger partial charge >= 0.3 is 0 Å². The zero-order chi connectivity index (χ0) is 13.0. The Morgan fingerprint density at radius 1 is 1.28 bits per heavy atom. The molecule has 0 aliphatic heterocycles. The smallest absolute Gasteiger partial charge is 0.204 e. The van der Waals surface area contributed by atoms with Crippen LogP contribution in [0.15, 0.2) is 35.3 Å². The van der Waals surface area contributed by atoms with Crippen LogP contribution in [0, 0.1) is 0 Å². The highest BCUT2D eigenvalue weighted by atomic mass is 16.5. The lowest BCUT2D eigenvalue weighted by Gasteiger charge is -2.06. The molecule has 1 aromatic carbocycles. The Labute approximate surface area is 106 Å². The van der Waals surface area contributed by atoms with Gasteiger partial charge in [0, 0.05) is 5.39 Å². The van der Waals surface area contributed by atoms with E-state index in [1.807, 2.05) is 18.2 Å². The summed E-state index contributed by atoms with van der Waals surface area (Å²) in [6, 6.07) is 5.71. The average Bonchev–Trinajstić information content (AvgIpc) is 2.80. The number of rotatable bonds is 6. The SMILES string of the molecule is C=CCOCc1cc2ccc(OC)c(OC)c2o1. The van der Waals surface area contributed by atoms with Gasteiger partial charge in [0.1, 0.15) is 12.4 Å². The van der Waals surface area contributed by atoms with Gasteiger partial charge in [-0.25, -0.2) is 0 Å². The zero-order valence-corrected chi connectivity index (χ0v) is 10.6. The van der Waals surface area contributed by atoms with Gasteiger partial charge in [-0.15, -0.1) is 6.58 Å². The molecule has 2 rings (SSSR count). The molecule has 0 radical (unpaired) electrons. The van der Waals surface area contributed by atoms with Crippen molar-refractivity contribution < 1.29 is 18.6 Å². The number of methoxy groups -OCH3 is 2. The number of fused-ring (bicyclic) bond motifs is 1. The maximum atomic E-state index is 5.71. The van der Waals surface area contributed by atoms with Crippen molar-refractivity contribution in [2.24, 2.45) is 0 Å². The summed E-state index contributed by atoms with van der Waals surface area (Å²) in [7, 11) is 3.19. The number of hydrogen-bond donors (Lipinski definition) is 0. The molecular formula is C14H16O4. The second-order valence-corrected chi connectivity index (χ2v) is 3.74. The Bertz CT molecular complexity index is 542. The minimum Gasteiger partial charge on any atom is -0.493 e. The molecule has 1 heterocycles. The zero-order valence-electron chi connectivity index (χ0n) is 10.6. The number of ether oxygens (including phenoxy) is 3. The fraction of sp³-hybridized carbons (Fsp3) is 0.286. The predicted octanol–water partition coefficient (Wildman–Crippen LogP) is 3.15. The minimum atomic E-state index is 0.409. The van der Waals surface area contributed by atoms with Crippen molar-refractivity contribution in [3.8, 4) is 11.5 Å². The van der Waals surface area contributed by atoms with Gasteiger partial charge in [-0.2, -0.15) is 0 Å². The number of hydrogen-bond acceptors (Lipinski definition) is 4. The van der Waals surface area contributed by atoms with Gasteiger partial charge in [0.25, 0.3) is 0 Å². The van der Waals surface area contributed by atoms with Crippen LogP contribution in [0.4, 0.5) is 0 Å². The van der Waals surface area contributed by atoms with Crippen molar-refractivity contribution in [1.29, 1.82) is 0 Å². The van der Waals surface area contributed by atoms with Crippen LogP contribution < -0.4 is 9.47 Å². The molecule has 0 N–H and O–H groups in total. The Balaban J connectivity index is 2.34. The molecule has 18 heavy (non-hydrogen) atoms. The van der Waals surface area contributed by atoms with E-state index < -0.39 is 0 Å². The van der Waals surface area contributed by atoms with Crippen LogP contribution in [0.5, 0.6) is 11.5 Å². The van der Waals surface area contributed by atoms with E-state index in [0.29, 0.717) is 30.3 Å². The molecule has 0 saturated carbocycles. The molecule has 96 valence electrons. The minimum absolute atomic E-state index is 0.409. The first-order valence-electron chi connectivity index (χ1n) is 5.62. The third-order valence-electron chi connectivity index (χ3n) is 2.56. The summed E-state index contributed by atoms with van der Waals surface area (Å²) >= 11 is 0. The molecule has 0 unspecified atom stereocenters. The van der Waals surface area contributed by atoms with Gasteiger partial charge in [0.15, 0.2) is 11.3 Å². The summed E-state index contributed by atoms with van der Waals surface area (Å²) in [6.07, 6.45) is 1.70. The molecule has 4 nitrogen and oxygen atoms in total. The van der Waals surface area contributed by atoms with E-state index >= 15 is 0 Å². The molecule has 0 fully saturated rings. The predicted molar refractivity (Wildman–Crippen MR) is 69.2 cm³/mol. The van der Waals surface area contributed by atoms with E-state index in [4.69, 9.17) is 18.6 Å². The van der Waals surface area contributed by atoms with Crippen molar-refractivity contribution in [2.75, 3.05) is 20.8 Å². The van der Waals surface area contributed by atoms with Crippen LogP contribution >= 0.6 is 0 Å². The highest BCUT2D eigenvalue weighted by molar-refractivity contribution is 5.86. The fourth-order valence-corrected chi connectivity index (χ4v) is 1.78. The van der Waals surface area contributed by atoms with Gasteiger partial charge in [0.05, 0.1) is 20.8 Å². The molecule has 4 heteroatoms. The van der Waals surface area contributed by atoms with Crippen LogP contribution in [0.3, 0.4) is 0 Å². The van der Waals surface area contributed by atoms with Gasteiger partial charge in [0.2, 0.25) is 5.75 Å². The van der Waals surface area contributed by atoms with E-state index in [0.717, 1.165) is 11.1 Å². The average molecular weight is 248 g/mol. The van der Waals surface area contributed by atoms with Crippen LogP contribution in [0.25, 0.3) is 11.0 Å². The highest BCUT2D eigenvalue weighted by Gasteiger charge is 2.13. The van der Waals surface area contributed by atoms with Crippen molar-refractivity contribution in [1.82, 2.24) is 0 Å². The third kappa shape index (κ3) is 2.33. The summed E-state index contributed by atoms with van der Waals surface area (Å²) in [5, 5.41) is 0.963. The van der Waals surface area contributed by atoms with Gasteiger partial charge < -0.3 is 18.6 Å². The molecule has 1 aromatic heterocycles. The van der Waals surface area contributed by atoms with E-state index in [9.17, 15) is 0 Å². The quantitative estimate of drug-likeness (QED) is 0.581. The Hall–Kier alpha value is -1.94. The monoisotopic (exact) mass is 248 g/mol.